The van der Waals surface area contributed by atoms with Gasteiger partial charge in [-0.15, -0.1) is 0 Å². The molecule has 1 aliphatic rings. The van der Waals surface area contributed by atoms with E-state index in [2.05, 4.69) is 4.98 Å². The van der Waals surface area contributed by atoms with Crippen molar-refractivity contribution in [2.24, 2.45) is 5.73 Å². The highest BCUT2D eigenvalue weighted by Gasteiger charge is 2.24. The number of carbonyl (C=O) groups excluding carboxylic acids is 1. The molecule has 6 heteroatoms. The molecular formula is C15H19Cl2N3O. The number of H-pyrrole nitrogens is 1. The van der Waals surface area contributed by atoms with E-state index in [0.29, 0.717) is 23.1 Å². The number of aromatic amines is 1. The Bertz CT molecular complexity index is 666. The quantitative estimate of drug-likeness (QED) is 0.843. The zero-order chi connectivity index (χ0) is 15.6. The molecule has 0 spiro atoms. The number of rotatable bonds is 1. The van der Waals surface area contributed by atoms with Crippen molar-refractivity contribution in [2.45, 2.75) is 26.8 Å². The summed E-state index contributed by atoms with van der Waals surface area (Å²) in [5.41, 5.74) is 8.50. The molecule has 1 amide bonds. The van der Waals surface area contributed by atoms with Crippen molar-refractivity contribution in [3.63, 3.8) is 0 Å². The van der Waals surface area contributed by atoms with Crippen LogP contribution in [0.1, 0.15) is 25.1 Å². The van der Waals surface area contributed by atoms with Crippen molar-refractivity contribution in [2.75, 3.05) is 13.1 Å². The summed E-state index contributed by atoms with van der Waals surface area (Å²) in [6.07, 6.45) is 0.781. The number of benzene rings is 1. The molecule has 114 valence electrons. The number of nitrogens with zero attached hydrogens (tertiary/aromatic N) is 1. The van der Waals surface area contributed by atoms with Gasteiger partial charge in [-0.25, -0.2) is 0 Å². The third kappa shape index (κ3) is 2.89. The minimum absolute atomic E-state index is 0.0277. The van der Waals surface area contributed by atoms with Crippen LogP contribution < -0.4 is 5.73 Å². The van der Waals surface area contributed by atoms with Crippen LogP contribution in [0.4, 0.5) is 0 Å². The Kier molecular flexibility index (Phi) is 5.14. The van der Waals surface area contributed by atoms with E-state index in [4.69, 9.17) is 28.9 Å². The van der Waals surface area contributed by atoms with E-state index in [1.54, 1.807) is 11.0 Å². The zero-order valence-electron chi connectivity index (χ0n) is 12.2. The summed E-state index contributed by atoms with van der Waals surface area (Å²) in [7, 11) is 0. The van der Waals surface area contributed by atoms with Gasteiger partial charge in [0.25, 0.3) is 0 Å². The van der Waals surface area contributed by atoms with Gasteiger partial charge >= 0.3 is 0 Å². The molecule has 1 aromatic heterocycles. The molecule has 2 aromatic rings. The maximum absolute atomic E-state index is 11.7. The topological polar surface area (TPSA) is 62.1 Å². The van der Waals surface area contributed by atoms with Gasteiger partial charge in [-0.1, -0.05) is 43.1 Å². The maximum atomic E-state index is 11.7. The van der Waals surface area contributed by atoms with Crippen molar-refractivity contribution in [3.05, 3.63) is 33.4 Å². The minimum Gasteiger partial charge on any atom is -0.357 e. The van der Waals surface area contributed by atoms with Crippen molar-refractivity contribution >= 4 is 40.0 Å². The average molecular weight is 328 g/mol. The zero-order valence-corrected chi connectivity index (χ0v) is 13.7. The Labute approximate surface area is 134 Å². The third-order valence-electron chi connectivity index (χ3n) is 3.57. The Hall–Kier alpha value is -1.23. The van der Waals surface area contributed by atoms with E-state index >= 15 is 0 Å². The highest BCUT2D eigenvalue weighted by molar-refractivity contribution is 6.45. The summed E-state index contributed by atoms with van der Waals surface area (Å²) < 4.78 is 0. The lowest BCUT2D eigenvalue weighted by molar-refractivity contribution is -0.130. The van der Waals surface area contributed by atoms with Gasteiger partial charge in [0.05, 0.1) is 22.1 Å². The number of hydrogen-bond acceptors (Lipinski definition) is 2. The third-order valence-corrected chi connectivity index (χ3v) is 4.37. The standard InChI is InChI=1S/C13H13Cl2N3O.C2H6/c14-9-2-1-7-8-6-18(11(19)5-16)4-3-10(8)17-13(7)12(9)15;1-2/h1-2,17H,3-6,16H2;1-2H3. The monoisotopic (exact) mass is 327 g/mol. The SMILES string of the molecule is CC.NCC(=O)N1CCc2[nH]c3c(Cl)c(Cl)ccc3c2C1. The smallest absolute Gasteiger partial charge is 0.236 e. The molecule has 3 N–H and O–H groups in total. The first-order valence-electron chi connectivity index (χ1n) is 7.07. The van der Waals surface area contributed by atoms with Gasteiger partial charge in [-0.2, -0.15) is 0 Å². The fourth-order valence-corrected chi connectivity index (χ4v) is 2.94. The number of hydrogen-bond donors (Lipinski definition) is 2. The number of carbonyl (C=O) groups is 1. The summed E-state index contributed by atoms with van der Waals surface area (Å²) in [4.78, 5) is 16.8. The van der Waals surface area contributed by atoms with Crippen LogP contribution in [0, 0.1) is 0 Å². The summed E-state index contributed by atoms with van der Waals surface area (Å²) in [6, 6.07) is 3.72. The lowest BCUT2D eigenvalue weighted by Crippen LogP contribution is -2.39. The van der Waals surface area contributed by atoms with E-state index < -0.39 is 0 Å². The van der Waals surface area contributed by atoms with Crippen LogP contribution in [-0.4, -0.2) is 28.9 Å². The minimum atomic E-state index is -0.0277. The van der Waals surface area contributed by atoms with Crippen LogP contribution in [0.15, 0.2) is 12.1 Å². The second-order valence-electron chi connectivity index (χ2n) is 4.64. The Morgan fingerprint density at radius 2 is 2.10 bits per heavy atom. The molecule has 21 heavy (non-hydrogen) atoms. The molecule has 4 nitrogen and oxygen atoms in total. The predicted molar refractivity (Wildman–Crippen MR) is 87.8 cm³/mol. The van der Waals surface area contributed by atoms with Gasteiger partial charge in [0.2, 0.25) is 5.91 Å². The summed E-state index contributed by atoms with van der Waals surface area (Å²) in [5, 5.41) is 2.09. The van der Waals surface area contributed by atoms with E-state index in [0.717, 1.165) is 28.6 Å². The Morgan fingerprint density at radius 3 is 2.76 bits per heavy atom. The lowest BCUT2D eigenvalue weighted by Gasteiger charge is -2.26. The van der Waals surface area contributed by atoms with Gasteiger partial charge in [0.15, 0.2) is 0 Å². The van der Waals surface area contributed by atoms with Crippen LogP contribution in [0.5, 0.6) is 0 Å². The fourth-order valence-electron chi connectivity index (χ4n) is 2.57. The highest BCUT2D eigenvalue weighted by Crippen LogP contribution is 2.35. The molecule has 0 saturated heterocycles. The van der Waals surface area contributed by atoms with Crippen LogP contribution in [0.2, 0.25) is 10.0 Å². The molecule has 1 aromatic carbocycles. The van der Waals surface area contributed by atoms with E-state index in [1.807, 2.05) is 19.9 Å². The van der Waals surface area contributed by atoms with Crippen molar-refractivity contribution in [1.29, 1.82) is 0 Å². The Balaban J connectivity index is 0.000000774. The summed E-state index contributed by atoms with van der Waals surface area (Å²) >= 11 is 12.2. The first-order chi connectivity index (χ1) is 10.1. The fraction of sp³-hybridized carbons (Fsp3) is 0.400. The average Bonchev–Trinajstić information content (AvgIpc) is 2.90. The number of aromatic nitrogens is 1. The van der Waals surface area contributed by atoms with Gasteiger partial charge < -0.3 is 15.6 Å². The molecule has 2 heterocycles. The maximum Gasteiger partial charge on any atom is 0.236 e. The number of halogens is 2. The summed E-state index contributed by atoms with van der Waals surface area (Å²) in [5.74, 6) is -0.0277. The van der Waals surface area contributed by atoms with E-state index in [1.165, 1.54) is 0 Å². The molecule has 0 saturated carbocycles. The molecule has 0 radical (unpaired) electrons. The molecule has 1 aliphatic heterocycles. The van der Waals surface area contributed by atoms with Crippen LogP contribution in [-0.2, 0) is 17.8 Å². The molecular weight excluding hydrogens is 309 g/mol. The Morgan fingerprint density at radius 1 is 1.38 bits per heavy atom. The van der Waals surface area contributed by atoms with Gasteiger partial charge in [-0.3, -0.25) is 4.79 Å². The number of fused-ring (bicyclic) bond motifs is 3. The molecule has 0 aliphatic carbocycles. The molecule has 0 atom stereocenters. The first-order valence-corrected chi connectivity index (χ1v) is 7.82. The molecule has 3 rings (SSSR count). The van der Waals surface area contributed by atoms with E-state index in [9.17, 15) is 4.79 Å². The van der Waals surface area contributed by atoms with E-state index in [-0.39, 0.29) is 12.5 Å². The van der Waals surface area contributed by atoms with Gasteiger partial charge in [0.1, 0.15) is 0 Å². The molecule has 0 fully saturated rings. The molecule has 0 bridgehead atoms. The lowest BCUT2D eigenvalue weighted by atomic mass is 10.0. The predicted octanol–water partition coefficient (Wildman–Crippen LogP) is 3.34. The molecule has 0 unspecified atom stereocenters. The van der Waals surface area contributed by atoms with Crippen molar-refractivity contribution < 1.29 is 4.79 Å². The van der Waals surface area contributed by atoms with Crippen LogP contribution in [0.3, 0.4) is 0 Å². The number of amides is 1. The number of nitrogens with two attached hydrogens (primary N) is 1. The number of nitrogens with one attached hydrogen (secondary N) is 1. The highest BCUT2D eigenvalue weighted by atomic mass is 35.5. The summed E-state index contributed by atoms with van der Waals surface area (Å²) in [6.45, 7) is 5.30. The van der Waals surface area contributed by atoms with Crippen molar-refractivity contribution in [3.8, 4) is 0 Å². The second kappa shape index (κ2) is 6.69. The van der Waals surface area contributed by atoms with Gasteiger partial charge in [0, 0.05) is 36.2 Å². The first kappa shape index (κ1) is 16.1. The second-order valence-corrected chi connectivity index (χ2v) is 5.42. The van der Waals surface area contributed by atoms with Gasteiger partial charge in [-0.05, 0) is 6.07 Å². The largest absolute Gasteiger partial charge is 0.357 e. The van der Waals surface area contributed by atoms with Crippen LogP contribution >= 0.6 is 23.2 Å². The van der Waals surface area contributed by atoms with Crippen molar-refractivity contribution in [1.82, 2.24) is 9.88 Å². The normalized spacial score (nSPS) is 13.7. The van der Waals surface area contributed by atoms with Crippen LogP contribution in [0.25, 0.3) is 10.9 Å².